The molecule has 3 nitrogen and oxygen atoms in total. The van der Waals surface area contributed by atoms with Gasteiger partial charge >= 0.3 is 0 Å². The van der Waals surface area contributed by atoms with Gasteiger partial charge in [-0.2, -0.15) is 0 Å². The van der Waals surface area contributed by atoms with Crippen molar-refractivity contribution in [1.29, 1.82) is 0 Å². The number of benzene rings is 1. The lowest BCUT2D eigenvalue weighted by Gasteiger charge is -2.10. The molecule has 1 aliphatic carbocycles. The number of halogens is 1. The number of hydrogen-bond donors (Lipinski definition) is 2. The molecule has 1 saturated carbocycles. The molecule has 1 fully saturated rings. The Morgan fingerprint density at radius 1 is 1.38 bits per heavy atom. The van der Waals surface area contributed by atoms with Gasteiger partial charge in [0.25, 0.3) is 5.91 Å². The molecule has 2 rings (SSSR count). The Labute approximate surface area is 125 Å². The molecule has 1 aromatic carbocycles. The quantitative estimate of drug-likeness (QED) is 0.836. The van der Waals surface area contributed by atoms with E-state index in [1.807, 2.05) is 0 Å². The number of nitrogens with one attached hydrogen (secondary N) is 1. The molecule has 1 amide bonds. The summed E-state index contributed by atoms with van der Waals surface area (Å²) in [6, 6.07) is 4.05. The molecule has 0 aromatic heterocycles. The van der Waals surface area contributed by atoms with Crippen LogP contribution in [0.15, 0.2) is 18.2 Å². The average Bonchev–Trinajstić information content (AvgIpc) is 2.99. The van der Waals surface area contributed by atoms with Crippen molar-refractivity contribution in [3.05, 3.63) is 35.1 Å². The van der Waals surface area contributed by atoms with E-state index in [1.165, 1.54) is 43.9 Å². The molecule has 0 atom stereocenters. The van der Waals surface area contributed by atoms with Crippen LogP contribution in [-0.2, 0) is 0 Å². The molecule has 1 aliphatic rings. The molecule has 1 aromatic rings. The van der Waals surface area contributed by atoms with Crippen LogP contribution in [0.25, 0.3) is 0 Å². The van der Waals surface area contributed by atoms with E-state index in [0.717, 1.165) is 6.42 Å². The van der Waals surface area contributed by atoms with Crippen LogP contribution in [0.5, 0.6) is 0 Å². The highest BCUT2D eigenvalue weighted by atomic mass is 19.1. The van der Waals surface area contributed by atoms with Gasteiger partial charge < -0.3 is 11.1 Å². The van der Waals surface area contributed by atoms with Crippen molar-refractivity contribution in [3.63, 3.8) is 0 Å². The third-order valence-corrected chi connectivity index (χ3v) is 3.86. The third kappa shape index (κ3) is 4.57. The summed E-state index contributed by atoms with van der Waals surface area (Å²) in [5.74, 6) is 5.52. The fourth-order valence-electron chi connectivity index (χ4n) is 2.74. The van der Waals surface area contributed by atoms with Gasteiger partial charge in [-0.05, 0) is 30.5 Å². The number of carbonyl (C=O) groups excluding carboxylic acids is 1. The van der Waals surface area contributed by atoms with Gasteiger partial charge in [0.15, 0.2) is 0 Å². The molecular weight excluding hydrogens is 267 g/mol. The lowest BCUT2D eigenvalue weighted by atomic mass is 10.0. The highest BCUT2D eigenvalue weighted by molar-refractivity contribution is 5.96. The van der Waals surface area contributed by atoms with Crippen LogP contribution in [0.2, 0.25) is 0 Å². The number of rotatable bonds is 4. The Morgan fingerprint density at radius 2 is 2.14 bits per heavy atom. The van der Waals surface area contributed by atoms with Crippen molar-refractivity contribution in [2.24, 2.45) is 11.7 Å². The Morgan fingerprint density at radius 3 is 2.86 bits per heavy atom. The summed E-state index contributed by atoms with van der Waals surface area (Å²) in [5.41, 5.74) is 6.13. The van der Waals surface area contributed by atoms with Crippen molar-refractivity contribution in [3.8, 4) is 11.8 Å². The lowest BCUT2D eigenvalue weighted by molar-refractivity contribution is 0.0950. The predicted molar refractivity (Wildman–Crippen MR) is 81.2 cm³/mol. The van der Waals surface area contributed by atoms with Crippen LogP contribution in [-0.4, -0.2) is 19.0 Å². The highest BCUT2D eigenvalue weighted by Gasteiger charge is 2.16. The van der Waals surface area contributed by atoms with E-state index in [1.54, 1.807) is 0 Å². The first-order valence-corrected chi connectivity index (χ1v) is 7.47. The SMILES string of the molecule is NCC#Cc1ccc(F)cc1C(=O)NCCC1CCCC1. The number of nitrogens with two attached hydrogens (primary N) is 1. The lowest BCUT2D eigenvalue weighted by Crippen LogP contribution is -2.26. The second-order valence-corrected chi connectivity index (χ2v) is 5.39. The summed E-state index contributed by atoms with van der Waals surface area (Å²) in [5, 5.41) is 2.87. The Bertz CT molecular complexity index is 554. The topological polar surface area (TPSA) is 55.1 Å². The molecule has 0 aliphatic heterocycles. The van der Waals surface area contributed by atoms with Gasteiger partial charge in [-0.1, -0.05) is 37.5 Å². The molecule has 3 N–H and O–H groups in total. The van der Waals surface area contributed by atoms with Crippen LogP contribution in [0.4, 0.5) is 4.39 Å². The molecule has 0 heterocycles. The van der Waals surface area contributed by atoms with Crippen molar-refractivity contribution < 1.29 is 9.18 Å². The number of carbonyl (C=O) groups is 1. The second kappa shape index (κ2) is 7.80. The molecule has 0 spiro atoms. The van der Waals surface area contributed by atoms with E-state index >= 15 is 0 Å². The summed E-state index contributed by atoms with van der Waals surface area (Å²) < 4.78 is 13.3. The molecule has 112 valence electrons. The van der Waals surface area contributed by atoms with E-state index in [2.05, 4.69) is 17.2 Å². The fourth-order valence-corrected chi connectivity index (χ4v) is 2.74. The van der Waals surface area contributed by atoms with Gasteiger partial charge in [0.05, 0.1) is 12.1 Å². The van der Waals surface area contributed by atoms with Crippen molar-refractivity contribution in [1.82, 2.24) is 5.32 Å². The monoisotopic (exact) mass is 288 g/mol. The number of hydrogen-bond acceptors (Lipinski definition) is 2. The maximum atomic E-state index is 13.3. The zero-order valence-corrected chi connectivity index (χ0v) is 12.1. The average molecular weight is 288 g/mol. The summed E-state index contributed by atoms with van der Waals surface area (Å²) in [6.07, 6.45) is 6.08. The summed E-state index contributed by atoms with van der Waals surface area (Å²) in [4.78, 5) is 12.2. The predicted octanol–water partition coefficient (Wildman–Crippen LogP) is 2.45. The maximum Gasteiger partial charge on any atom is 0.252 e. The smallest absolute Gasteiger partial charge is 0.252 e. The van der Waals surface area contributed by atoms with Crippen LogP contribution < -0.4 is 11.1 Å². The third-order valence-electron chi connectivity index (χ3n) is 3.86. The van der Waals surface area contributed by atoms with Crippen LogP contribution in [0, 0.1) is 23.6 Å². The highest BCUT2D eigenvalue weighted by Crippen LogP contribution is 2.26. The van der Waals surface area contributed by atoms with E-state index in [0.29, 0.717) is 18.0 Å². The van der Waals surface area contributed by atoms with Gasteiger partial charge in [-0.15, -0.1) is 0 Å². The van der Waals surface area contributed by atoms with Crippen LogP contribution >= 0.6 is 0 Å². The molecule has 0 bridgehead atoms. The summed E-state index contributed by atoms with van der Waals surface area (Å²) in [7, 11) is 0. The number of amides is 1. The Kier molecular flexibility index (Phi) is 5.77. The molecule has 0 saturated heterocycles. The maximum absolute atomic E-state index is 13.3. The molecule has 0 radical (unpaired) electrons. The van der Waals surface area contributed by atoms with Crippen LogP contribution in [0.3, 0.4) is 0 Å². The van der Waals surface area contributed by atoms with E-state index in [9.17, 15) is 9.18 Å². The first-order valence-electron chi connectivity index (χ1n) is 7.47. The first kappa shape index (κ1) is 15.5. The van der Waals surface area contributed by atoms with Crippen LogP contribution in [0.1, 0.15) is 48.0 Å². The van der Waals surface area contributed by atoms with Crippen molar-refractivity contribution >= 4 is 5.91 Å². The largest absolute Gasteiger partial charge is 0.352 e. The van der Waals surface area contributed by atoms with Gasteiger partial charge in [-0.3, -0.25) is 4.79 Å². The Balaban J connectivity index is 1.98. The van der Waals surface area contributed by atoms with Gasteiger partial charge in [0, 0.05) is 12.1 Å². The normalized spacial score (nSPS) is 14.6. The minimum atomic E-state index is -0.436. The summed E-state index contributed by atoms with van der Waals surface area (Å²) in [6.45, 7) is 0.837. The minimum absolute atomic E-state index is 0.208. The Hall–Kier alpha value is -1.86. The molecule has 0 unspecified atom stereocenters. The zero-order valence-electron chi connectivity index (χ0n) is 12.1. The summed E-state index contributed by atoms with van der Waals surface area (Å²) >= 11 is 0. The van der Waals surface area contributed by atoms with Crippen molar-refractivity contribution in [2.45, 2.75) is 32.1 Å². The second-order valence-electron chi connectivity index (χ2n) is 5.39. The van der Waals surface area contributed by atoms with Gasteiger partial charge in [0.1, 0.15) is 5.82 Å². The van der Waals surface area contributed by atoms with Crippen molar-refractivity contribution in [2.75, 3.05) is 13.1 Å². The fraction of sp³-hybridized carbons (Fsp3) is 0.471. The molecule has 21 heavy (non-hydrogen) atoms. The van der Waals surface area contributed by atoms with E-state index < -0.39 is 5.82 Å². The van der Waals surface area contributed by atoms with E-state index in [-0.39, 0.29) is 18.0 Å². The molecular formula is C17H21FN2O. The van der Waals surface area contributed by atoms with E-state index in [4.69, 9.17) is 5.73 Å². The molecule has 4 heteroatoms. The van der Waals surface area contributed by atoms with Gasteiger partial charge in [0.2, 0.25) is 0 Å². The minimum Gasteiger partial charge on any atom is -0.352 e. The zero-order chi connectivity index (χ0) is 15.1. The standard InChI is InChI=1S/C17H21FN2O/c18-15-8-7-14(6-3-10-19)16(12-15)17(21)20-11-9-13-4-1-2-5-13/h7-8,12-13H,1-2,4-5,9-11,19H2,(H,20,21). The van der Waals surface area contributed by atoms with Gasteiger partial charge in [-0.25, -0.2) is 4.39 Å². The first-order chi connectivity index (χ1) is 10.2.